The molecule has 3 nitrogen and oxygen atoms in total. The predicted molar refractivity (Wildman–Crippen MR) is 108 cm³/mol. The molecule has 0 aliphatic heterocycles. The van der Waals surface area contributed by atoms with Gasteiger partial charge >= 0.3 is 0 Å². The number of halogens is 3. The van der Waals surface area contributed by atoms with Crippen molar-refractivity contribution in [2.24, 2.45) is 0 Å². The van der Waals surface area contributed by atoms with Crippen LogP contribution in [0.4, 0.5) is 10.1 Å². The maximum Gasteiger partial charge on any atom is 0.163 e. The lowest BCUT2D eigenvalue weighted by Crippen LogP contribution is -2.03. The molecule has 3 aromatic carbocycles. The minimum atomic E-state index is -0.276. The van der Waals surface area contributed by atoms with Crippen LogP contribution in [-0.2, 0) is 13.2 Å². The number of anilines is 1. The zero-order valence-electron chi connectivity index (χ0n) is 14.6. The normalized spacial score (nSPS) is 10.5. The molecule has 3 aromatic rings. The summed E-state index contributed by atoms with van der Waals surface area (Å²) in [6, 6.07) is 17.1. The second-order valence-corrected chi connectivity index (χ2v) is 6.71. The fourth-order valence-corrected chi connectivity index (χ4v) is 2.84. The van der Waals surface area contributed by atoms with Crippen LogP contribution in [0.3, 0.4) is 0 Å². The van der Waals surface area contributed by atoms with Crippen LogP contribution >= 0.6 is 23.2 Å². The summed E-state index contributed by atoms with van der Waals surface area (Å²) in [5.74, 6) is 0.870. The van der Waals surface area contributed by atoms with E-state index in [1.807, 2.05) is 30.3 Å². The molecular formula is C21H18Cl2FNO2. The fraction of sp³-hybridized carbons (Fsp3) is 0.143. The van der Waals surface area contributed by atoms with Crippen LogP contribution in [0.25, 0.3) is 0 Å². The summed E-state index contributed by atoms with van der Waals surface area (Å²) < 4.78 is 24.3. The fourth-order valence-electron chi connectivity index (χ4n) is 2.49. The molecule has 6 heteroatoms. The molecule has 0 bridgehead atoms. The van der Waals surface area contributed by atoms with Crippen LogP contribution in [0.15, 0.2) is 60.7 Å². The third-order valence-corrected chi connectivity index (χ3v) is 4.57. The molecule has 0 heterocycles. The first-order valence-electron chi connectivity index (χ1n) is 8.28. The van der Waals surface area contributed by atoms with E-state index in [0.717, 1.165) is 16.8 Å². The molecular weight excluding hydrogens is 388 g/mol. The molecule has 0 aromatic heterocycles. The molecule has 0 amide bonds. The molecule has 0 aliphatic rings. The van der Waals surface area contributed by atoms with Crippen LogP contribution in [0.2, 0.25) is 10.0 Å². The van der Waals surface area contributed by atoms with Gasteiger partial charge in [0.25, 0.3) is 0 Å². The molecule has 0 saturated carbocycles. The van der Waals surface area contributed by atoms with E-state index in [1.165, 1.54) is 12.1 Å². The van der Waals surface area contributed by atoms with Crippen molar-refractivity contribution in [2.75, 3.05) is 12.4 Å². The number of ether oxygens (including phenoxy) is 2. The van der Waals surface area contributed by atoms with E-state index in [9.17, 15) is 4.39 Å². The first kappa shape index (κ1) is 19.3. The Morgan fingerprint density at radius 2 is 1.63 bits per heavy atom. The topological polar surface area (TPSA) is 30.5 Å². The van der Waals surface area contributed by atoms with Gasteiger partial charge in [0.05, 0.1) is 7.11 Å². The van der Waals surface area contributed by atoms with Gasteiger partial charge < -0.3 is 14.8 Å². The first-order valence-corrected chi connectivity index (χ1v) is 9.04. The zero-order valence-corrected chi connectivity index (χ0v) is 16.1. The molecule has 0 saturated heterocycles. The van der Waals surface area contributed by atoms with Gasteiger partial charge in [0, 0.05) is 28.3 Å². The van der Waals surface area contributed by atoms with Gasteiger partial charge in [-0.15, -0.1) is 0 Å². The number of benzene rings is 3. The number of methoxy groups -OCH3 is 1. The van der Waals surface area contributed by atoms with Crippen LogP contribution in [0.5, 0.6) is 11.5 Å². The lowest BCUT2D eigenvalue weighted by molar-refractivity contribution is 0.284. The maximum atomic E-state index is 13.0. The minimum Gasteiger partial charge on any atom is -0.493 e. The van der Waals surface area contributed by atoms with Crippen molar-refractivity contribution < 1.29 is 13.9 Å². The molecule has 27 heavy (non-hydrogen) atoms. The van der Waals surface area contributed by atoms with Gasteiger partial charge in [0.2, 0.25) is 0 Å². The molecule has 0 aliphatic carbocycles. The third kappa shape index (κ3) is 5.28. The Bertz CT molecular complexity index is 899. The lowest BCUT2D eigenvalue weighted by Gasteiger charge is -2.15. The largest absolute Gasteiger partial charge is 0.493 e. The standard InChI is InChI=1S/C21H18Cl2FNO2/c1-26-20-10-15(12-25-18-8-6-17(24)7-9-18)19(23)11-21(20)27-13-14-2-4-16(22)5-3-14/h2-11,25H,12-13H2,1H3. The van der Waals surface area contributed by atoms with Crippen molar-refractivity contribution in [1.82, 2.24) is 0 Å². The summed E-state index contributed by atoms with van der Waals surface area (Å²) >= 11 is 12.3. The molecule has 0 atom stereocenters. The average molecular weight is 406 g/mol. The van der Waals surface area contributed by atoms with E-state index in [4.69, 9.17) is 32.7 Å². The minimum absolute atomic E-state index is 0.276. The smallest absolute Gasteiger partial charge is 0.163 e. The highest BCUT2D eigenvalue weighted by Gasteiger charge is 2.11. The third-order valence-electron chi connectivity index (χ3n) is 3.97. The Hall–Kier alpha value is -2.43. The number of hydrogen-bond donors (Lipinski definition) is 1. The molecule has 1 N–H and O–H groups in total. The van der Waals surface area contributed by atoms with Crippen molar-refractivity contribution in [2.45, 2.75) is 13.2 Å². The molecule has 0 radical (unpaired) electrons. The summed E-state index contributed by atoms with van der Waals surface area (Å²) in [5.41, 5.74) is 2.63. The van der Waals surface area contributed by atoms with Crippen molar-refractivity contribution in [3.05, 3.63) is 87.7 Å². The highest BCUT2D eigenvalue weighted by molar-refractivity contribution is 6.31. The summed E-state index contributed by atoms with van der Waals surface area (Å²) in [7, 11) is 1.58. The molecule has 140 valence electrons. The van der Waals surface area contributed by atoms with Crippen LogP contribution in [-0.4, -0.2) is 7.11 Å². The van der Waals surface area contributed by atoms with Crippen LogP contribution in [0.1, 0.15) is 11.1 Å². The SMILES string of the molecule is COc1cc(CNc2ccc(F)cc2)c(Cl)cc1OCc1ccc(Cl)cc1. The first-order chi connectivity index (χ1) is 13.0. The van der Waals surface area contributed by atoms with Gasteiger partial charge in [0.1, 0.15) is 12.4 Å². The number of nitrogens with one attached hydrogen (secondary N) is 1. The van der Waals surface area contributed by atoms with Crippen molar-refractivity contribution in [3.8, 4) is 11.5 Å². The number of rotatable bonds is 7. The van der Waals surface area contributed by atoms with Crippen molar-refractivity contribution in [3.63, 3.8) is 0 Å². The van der Waals surface area contributed by atoms with E-state index in [1.54, 1.807) is 25.3 Å². The summed E-state index contributed by atoms with van der Waals surface area (Å²) in [5, 5.41) is 4.43. The van der Waals surface area contributed by atoms with E-state index in [2.05, 4.69) is 5.32 Å². The summed E-state index contributed by atoms with van der Waals surface area (Å²) in [6.45, 7) is 0.843. The second kappa shape index (κ2) is 8.98. The van der Waals surface area contributed by atoms with E-state index >= 15 is 0 Å². The Labute approximate surface area is 167 Å². The lowest BCUT2D eigenvalue weighted by atomic mass is 10.2. The van der Waals surface area contributed by atoms with Gasteiger partial charge in [0.15, 0.2) is 11.5 Å². The predicted octanol–water partition coefficient (Wildman–Crippen LogP) is 6.33. The van der Waals surface area contributed by atoms with Crippen molar-refractivity contribution >= 4 is 28.9 Å². The van der Waals surface area contributed by atoms with Gasteiger partial charge in [-0.2, -0.15) is 0 Å². The summed E-state index contributed by atoms with van der Waals surface area (Å²) in [6.07, 6.45) is 0. The second-order valence-electron chi connectivity index (χ2n) is 5.87. The Kier molecular flexibility index (Phi) is 6.43. The Morgan fingerprint density at radius 1 is 0.926 bits per heavy atom. The molecule has 3 rings (SSSR count). The van der Waals surface area contributed by atoms with E-state index in [0.29, 0.717) is 34.7 Å². The average Bonchev–Trinajstić information content (AvgIpc) is 2.68. The summed E-state index contributed by atoms with van der Waals surface area (Å²) in [4.78, 5) is 0. The zero-order chi connectivity index (χ0) is 19.2. The maximum absolute atomic E-state index is 13.0. The monoisotopic (exact) mass is 405 g/mol. The Morgan fingerprint density at radius 3 is 2.30 bits per heavy atom. The van der Waals surface area contributed by atoms with Gasteiger partial charge in [-0.3, -0.25) is 0 Å². The molecule has 0 spiro atoms. The van der Waals surface area contributed by atoms with Crippen molar-refractivity contribution in [1.29, 1.82) is 0 Å². The van der Waals surface area contributed by atoms with Gasteiger partial charge in [-0.1, -0.05) is 35.3 Å². The Balaban J connectivity index is 1.70. The van der Waals surface area contributed by atoms with E-state index in [-0.39, 0.29) is 5.82 Å². The van der Waals surface area contributed by atoms with E-state index < -0.39 is 0 Å². The highest BCUT2D eigenvalue weighted by Crippen LogP contribution is 2.34. The van der Waals surface area contributed by atoms with Gasteiger partial charge in [-0.25, -0.2) is 4.39 Å². The molecule has 0 fully saturated rings. The quantitative estimate of drug-likeness (QED) is 0.497. The van der Waals surface area contributed by atoms with Crippen LogP contribution < -0.4 is 14.8 Å². The van der Waals surface area contributed by atoms with Crippen LogP contribution in [0, 0.1) is 5.82 Å². The molecule has 0 unspecified atom stereocenters. The highest BCUT2D eigenvalue weighted by atomic mass is 35.5. The van der Waals surface area contributed by atoms with Gasteiger partial charge in [-0.05, 0) is 53.6 Å². The number of hydrogen-bond acceptors (Lipinski definition) is 3.